The van der Waals surface area contributed by atoms with E-state index in [0.29, 0.717) is 24.7 Å². The van der Waals surface area contributed by atoms with Gasteiger partial charge in [-0.1, -0.05) is 6.07 Å². The lowest BCUT2D eigenvalue weighted by Gasteiger charge is -2.18. The number of sulfone groups is 1. The predicted octanol–water partition coefficient (Wildman–Crippen LogP) is 0.0807. The van der Waals surface area contributed by atoms with Crippen molar-refractivity contribution in [2.45, 2.75) is 25.7 Å². The Morgan fingerprint density at radius 2 is 2.10 bits per heavy atom. The van der Waals surface area contributed by atoms with Gasteiger partial charge in [0.05, 0.1) is 18.1 Å². The third-order valence-corrected chi connectivity index (χ3v) is 4.78. The van der Waals surface area contributed by atoms with Gasteiger partial charge in [0.25, 0.3) is 0 Å². The maximum absolute atomic E-state index is 11.5. The Balaban J connectivity index is 2.20. The van der Waals surface area contributed by atoms with Crippen molar-refractivity contribution in [2.75, 3.05) is 18.1 Å². The molecule has 2 unspecified atom stereocenters. The second-order valence-corrected chi connectivity index (χ2v) is 6.87. The highest BCUT2D eigenvalue weighted by molar-refractivity contribution is 7.91. The zero-order chi connectivity index (χ0) is 14.8. The molecule has 1 aromatic rings. The van der Waals surface area contributed by atoms with Gasteiger partial charge in [0, 0.05) is 6.54 Å². The zero-order valence-electron chi connectivity index (χ0n) is 11.3. The summed E-state index contributed by atoms with van der Waals surface area (Å²) in [6.07, 6.45) is -1.77. The van der Waals surface area contributed by atoms with Crippen molar-refractivity contribution in [3.8, 4) is 11.5 Å². The quantitative estimate of drug-likeness (QED) is 0.799. The monoisotopic (exact) mass is 301 g/mol. The molecule has 112 valence electrons. The summed E-state index contributed by atoms with van der Waals surface area (Å²) >= 11 is 0. The number of aliphatic hydroxyl groups excluding tert-OH is 1. The molecule has 1 saturated heterocycles. The molecule has 0 amide bonds. The summed E-state index contributed by atoms with van der Waals surface area (Å²) in [4.78, 5) is 0. The minimum absolute atomic E-state index is 0.182. The van der Waals surface area contributed by atoms with Crippen LogP contribution in [0, 0.1) is 0 Å². The molecule has 0 aliphatic carbocycles. The first-order chi connectivity index (χ1) is 9.45. The fourth-order valence-corrected chi connectivity index (χ4v) is 3.78. The van der Waals surface area contributed by atoms with Crippen LogP contribution in [-0.4, -0.2) is 43.8 Å². The number of aliphatic hydroxyl groups is 1. The zero-order valence-corrected chi connectivity index (χ0v) is 12.1. The van der Waals surface area contributed by atoms with Crippen LogP contribution in [0.2, 0.25) is 0 Å². The number of ether oxygens (including phenoxy) is 2. The molecule has 2 atom stereocenters. The average Bonchev–Trinajstić information content (AvgIpc) is 2.64. The SMILES string of the molecule is CCOc1cc(CN)ccc1OC1CS(=O)(=O)CC1O. The van der Waals surface area contributed by atoms with Crippen LogP contribution >= 0.6 is 0 Å². The lowest BCUT2D eigenvalue weighted by atomic mass is 10.2. The summed E-state index contributed by atoms with van der Waals surface area (Å²) in [6, 6.07) is 5.23. The molecule has 0 spiro atoms. The van der Waals surface area contributed by atoms with E-state index in [4.69, 9.17) is 15.2 Å². The van der Waals surface area contributed by atoms with Gasteiger partial charge in [0.2, 0.25) is 0 Å². The molecular formula is C13H19NO5S. The molecular weight excluding hydrogens is 282 g/mol. The van der Waals surface area contributed by atoms with Gasteiger partial charge in [0.1, 0.15) is 12.2 Å². The molecule has 7 heteroatoms. The van der Waals surface area contributed by atoms with Crippen molar-refractivity contribution in [3.05, 3.63) is 23.8 Å². The van der Waals surface area contributed by atoms with E-state index in [1.54, 1.807) is 18.2 Å². The molecule has 1 aliphatic rings. The molecule has 3 N–H and O–H groups in total. The molecule has 20 heavy (non-hydrogen) atoms. The van der Waals surface area contributed by atoms with Gasteiger partial charge >= 0.3 is 0 Å². The average molecular weight is 301 g/mol. The van der Waals surface area contributed by atoms with Crippen molar-refractivity contribution in [1.29, 1.82) is 0 Å². The Hall–Kier alpha value is -1.31. The Kier molecular flexibility index (Phi) is 4.52. The van der Waals surface area contributed by atoms with Crippen LogP contribution in [0.15, 0.2) is 18.2 Å². The van der Waals surface area contributed by atoms with Crippen molar-refractivity contribution in [1.82, 2.24) is 0 Å². The molecule has 2 rings (SSSR count). The van der Waals surface area contributed by atoms with E-state index in [-0.39, 0.29) is 11.5 Å². The second-order valence-electron chi connectivity index (χ2n) is 4.72. The van der Waals surface area contributed by atoms with Gasteiger partial charge in [0.15, 0.2) is 21.3 Å². The van der Waals surface area contributed by atoms with E-state index in [9.17, 15) is 13.5 Å². The van der Waals surface area contributed by atoms with E-state index in [2.05, 4.69) is 0 Å². The lowest BCUT2D eigenvalue weighted by Crippen LogP contribution is -2.29. The molecule has 0 saturated carbocycles. The smallest absolute Gasteiger partial charge is 0.161 e. The second kappa shape index (κ2) is 5.99. The van der Waals surface area contributed by atoms with Crippen molar-refractivity contribution in [2.24, 2.45) is 5.73 Å². The van der Waals surface area contributed by atoms with Crippen LogP contribution in [0.1, 0.15) is 12.5 Å². The van der Waals surface area contributed by atoms with E-state index in [1.807, 2.05) is 6.92 Å². The normalized spacial score (nSPS) is 24.6. The van der Waals surface area contributed by atoms with E-state index < -0.39 is 22.0 Å². The lowest BCUT2D eigenvalue weighted by molar-refractivity contribution is 0.0713. The minimum Gasteiger partial charge on any atom is -0.490 e. The highest BCUT2D eigenvalue weighted by atomic mass is 32.2. The molecule has 0 radical (unpaired) electrons. The van der Waals surface area contributed by atoms with Crippen LogP contribution in [-0.2, 0) is 16.4 Å². The summed E-state index contributed by atoms with van der Waals surface area (Å²) in [5, 5.41) is 9.74. The fourth-order valence-electron chi connectivity index (χ4n) is 2.12. The Bertz CT molecular complexity index is 572. The largest absolute Gasteiger partial charge is 0.490 e. The number of nitrogens with two attached hydrogens (primary N) is 1. The highest BCUT2D eigenvalue weighted by Crippen LogP contribution is 2.31. The number of rotatable bonds is 5. The Labute approximate surface area is 118 Å². The fraction of sp³-hybridized carbons (Fsp3) is 0.538. The molecule has 6 nitrogen and oxygen atoms in total. The van der Waals surface area contributed by atoms with Gasteiger partial charge in [-0.05, 0) is 24.6 Å². The third-order valence-electron chi connectivity index (χ3n) is 3.09. The molecule has 1 fully saturated rings. The van der Waals surface area contributed by atoms with Crippen LogP contribution < -0.4 is 15.2 Å². The standard InChI is InChI=1S/C13H19NO5S/c1-2-18-12-5-9(6-14)3-4-11(12)19-13-8-20(16,17)7-10(13)15/h3-5,10,13,15H,2,6-8,14H2,1H3. The summed E-state index contributed by atoms with van der Waals surface area (Å²) in [6.45, 7) is 2.67. The van der Waals surface area contributed by atoms with Crippen molar-refractivity contribution < 1.29 is 23.0 Å². The number of hydrogen-bond acceptors (Lipinski definition) is 6. The maximum atomic E-state index is 11.5. The number of hydrogen-bond donors (Lipinski definition) is 2. The van der Waals surface area contributed by atoms with Crippen molar-refractivity contribution in [3.63, 3.8) is 0 Å². The van der Waals surface area contributed by atoms with E-state index >= 15 is 0 Å². The minimum atomic E-state index is -3.24. The Morgan fingerprint density at radius 3 is 2.65 bits per heavy atom. The topological polar surface area (TPSA) is 98.9 Å². The third kappa shape index (κ3) is 3.41. The highest BCUT2D eigenvalue weighted by Gasteiger charge is 2.38. The maximum Gasteiger partial charge on any atom is 0.161 e. The Morgan fingerprint density at radius 1 is 1.35 bits per heavy atom. The van der Waals surface area contributed by atoms with Crippen molar-refractivity contribution >= 4 is 9.84 Å². The number of benzene rings is 1. The first-order valence-corrected chi connectivity index (χ1v) is 8.28. The summed E-state index contributed by atoms with van der Waals surface area (Å²) in [5.74, 6) is 0.484. The molecule has 1 aromatic carbocycles. The predicted molar refractivity (Wildman–Crippen MR) is 74.6 cm³/mol. The van der Waals surface area contributed by atoms with Crippen LogP contribution in [0.25, 0.3) is 0 Å². The van der Waals surface area contributed by atoms with E-state index in [1.165, 1.54) is 0 Å². The summed E-state index contributed by atoms with van der Waals surface area (Å²) in [7, 11) is -3.24. The first-order valence-electron chi connectivity index (χ1n) is 6.46. The van der Waals surface area contributed by atoms with Gasteiger partial charge in [-0.3, -0.25) is 0 Å². The van der Waals surface area contributed by atoms with Gasteiger partial charge < -0.3 is 20.3 Å². The van der Waals surface area contributed by atoms with Crippen LogP contribution in [0.4, 0.5) is 0 Å². The summed E-state index contributed by atoms with van der Waals surface area (Å²) < 4.78 is 34.0. The molecule has 1 heterocycles. The van der Waals surface area contributed by atoms with Gasteiger partial charge in [-0.25, -0.2) is 8.42 Å². The molecule has 0 aromatic heterocycles. The van der Waals surface area contributed by atoms with Gasteiger partial charge in [-0.2, -0.15) is 0 Å². The van der Waals surface area contributed by atoms with Gasteiger partial charge in [-0.15, -0.1) is 0 Å². The van der Waals surface area contributed by atoms with Crippen LogP contribution in [0.5, 0.6) is 11.5 Å². The van der Waals surface area contributed by atoms with E-state index in [0.717, 1.165) is 5.56 Å². The summed E-state index contributed by atoms with van der Waals surface area (Å²) in [5.41, 5.74) is 6.46. The molecule has 0 bridgehead atoms. The van der Waals surface area contributed by atoms with Crippen LogP contribution in [0.3, 0.4) is 0 Å². The first kappa shape index (κ1) is 15.1. The molecule has 1 aliphatic heterocycles.